The molecule has 1 aromatic rings. The summed E-state index contributed by atoms with van der Waals surface area (Å²) in [5.74, 6) is 0.703. The number of rotatable bonds is 10. The molecule has 0 amide bonds. The Morgan fingerprint density at radius 3 is 2.30 bits per heavy atom. The van der Waals surface area contributed by atoms with Gasteiger partial charge in [0.25, 0.3) is 0 Å². The molecule has 1 aromatic carbocycles. The SMILES string of the molecule is CCCCCCCCOP(O)Oc1ccc(C(C)(C)C)cc1C. The number of hydrogen-bond acceptors (Lipinski definition) is 3. The summed E-state index contributed by atoms with van der Waals surface area (Å²) in [5.41, 5.74) is 2.40. The van der Waals surface area contributed by atoms with Gasteiger partial charge in [-0.3, -0.25) is 0 Å². The Morgan fingerprint density at radius 1 is 1.04 bits per heavy atom. The van der Waals surface area contributed by atoms with Crippen molar-refractivity contribution in [3.8, 4) is 5.75 Å². The molecule has 0 spiro atoms. The number of benzene rings is 1. The molecule has 0 aliphatic heterocycles. The molecular formula is C19H33O3P. The first kappa shape index (κ1) is 20.4. The van der Waals surface area contributed by atoms with Crippen molar-refractivity contribution in [1.82, 2.24) is 0 Å². The standard InChI is InChI=1S/C19H33O3P/c1-6-7-8-9-10-11-14-21-23(20)22-18-13-12-17(15-16(18)2)19(3,4)5/h12-13,15,20H,6-11,14H2,1-5H3. The fourth-order valence-corrected chi connectivity index (χ4v) is 3.06. The van der Waals surface area contributed by atoms with Gasteiger partial charge in [-0.1, -0.05) is 71.9 Å². The number of unbranched alkanes of at least 4 members (excludes halogenated alkanes) is 5. The van der Waals surface area contributed by atoms with E-state index in [-0.39, 0.29) is 5.41 Å². The van der Waals surface area contributed by atoms with E-state index >= 15 is 0 Å². The van der Waals surface area contributed by atoms with E-state index in [1.165, 1.54) is 31.2 Å². The Balaban J connectivity index is 2.33. The van der Waals surface area contributed by atoms with Gasteiger partial charge in [0, 0.05) is 0 Å². The number of aryl methyl sites for hydroxylation is 1. The van der Waals surface area contributed by atoms with E-state index in [2.05, 4.69) is 39.8 Å². The fourth-order valence-electron chi connectivity index (χ4n) is 2.35. The lowest BCUT2D eigenvalue weighted by Crippen LogP contribution is -2.11. The van der Waals surface area contributed by atoms with Crippen LogP contribution in [0.25, 0.3) is 0 Å². The molecule has 0 aliphatic carbocycles. The second-order valence-corrected chi connectivity index (χ2v) is 8.08. The summed E-state index contributed by atoms with van der Waals surface area (Å²) in [5, 5.41) is 0. The molecule has 132 valence electrons. The van der Waals surface area contributed by atoms with Gasteiger partial charge in [-0.15, -0.1) is 0 Å². The second-order valence-electron chi connectivity index (χ2n) is 7.16. The predicted octanol–water partition coefficient (Wildman–Crippen LogP) is 6.27. The normalized spacial score (nSPS) is 13.1. The van der Waals surface area contributed by atoms with Crippen LogP contribution < -0.4 is 4.52 Å². The molecule has 0 heterocycles. The van der Waals surface area contributed by atoms with Crippen molar-refractivity contribution < 1.29 is 13.9 Å². The molecule has 0 fully saturated rings. The zero-order chi connectivity index (χ0) is 17.3. The highest BCUT2D eigenvalue weighted by Crippen LogP contribution is 2.38. The van der Waals surface area contributed by atoms with E-state index in [1.807, 2.05) is 13.0 Å². The molecule has 23 heavy (non-hydrogen) atoms. The molecule has 3 nitrogen and oxygen atoms in total. The van der Waals surface area contributed by atoms with E-state index in [1.54, 1.807) is 0 Å². The minimum atomic E-state index is -1.84. The first-order chi connectivity index (χ1) is 10.8. The zero-order valence-corrected chi connectivity index (χ0v) is 16.3. The third-order valence-electron chi connectivity index (χ3n) is 3.92. The Kier molecular flexibility index (Phi) is 9.12. The van der Waals surface area contributed by atoms with Crippen LogP contribution in [0.2, 0.25) is 0 Å². The third kappa shape index (κ3) is 8.15. The van der Waals surface area contributed by atoms with Gasteiger partial charge in [-0.05, 0) is 36.0 Å². The monoisotopic (exact) mass is 340 g/mol. The van der Waals surface area contributed by atoms with E-state index < -0.39 is 8.60 Å². The maximum absolute atomic E-state index is 9.92. The molecule has 0 aliphatic rings. The Labute approximate surface area is 143 Å². The van der Waals surface area contributed by atoms with E-state index in [0.717, 1.165) is 18.4 Å². The molecule has 0 bridgehead atoms. The van der Waals surface area contributed by atoms with Gasteiger partial charge < -0.3 is 13.9 Å². The van der Waals surface area contributed by atoms with Crippen LogP contribution in [0, 0.1) is 6.92 Å². The Bertz CT molecular complexity index is 454. The number of hydrogen-bond donors (Lipinski definition) is 1. The molecule has 0 aromatic heterocycles. The second kappa shape index (κ2) is 10.3. The van der Waals surface area contributed by atoms with Gasteiger partial charge in [0.2, 0.25) is 0 Å². The van der Waals surface area contributed by atoms with Crippen LogP contribution in [-0.4, -0.2) is 11.5 Å². The largest absolute Gasteiger partial charge is 0.427 e. The van der Waals surface area contributed by atoms with E-state index in [0.29, 0.717) is 12.4 Å². The molecular weight excluding hydrogens is 307 g/mol. The maximum Gasteiger partial charge on any atom is 0.394 e. The summed E-state index contributed by atoms with van der Waals surface area (Å²) in [6, 6.07) is 6.10. The van der Waals surface area contributed by atoms with Gasteiger partial charge >= 0.3 is 8.60 Å². The molecule has 0 saturated carbocycles. The lowest BCUT2D eigenvalue weighted by atomic mass is 9.86. The third-order valence-corrected chi connectivity index (χ3v) is 4.67. The minimum absolute atomic E-state index is 0.113. The highest BCUT2D eigenvalue weighted by molar-refractivity contribution is 7.41. The maximum atomic E-state index is 9.92. The van der Waals surface area contributed by atoms with Crippen LogP contribution in [0.4, 0.5) is 0 Å². The van der Waals surface area contributed by atoms with Crippen LogP contribution in [-0.2, 0) is 9.94 Å². The summed E-state index contributed by atoms with van der Waals surface area (Å²) in [6.45, 7) is 11.3. The first-order valence-electron chi connectivity index (χ1n) is 8.75. The molecule has 4 heteroatoms. The first-order valence-corrected chi connectivity index (χ1v) is 9.88. The summed E-state index contributed by atoms with van der Waals surface area (Å²) >= 11 is 0. The molecule has 1 unspecified atom stereocenters. The molecule has 0 radical (unpaired) electrons. The average Bonchev–Trinajstić information content (AvgIpc) is 2.47. The highest BCUT2D eigenvalue weighted by Gasteiger charge is 2.16. The van der Waals surface area contributed by atoms with Gasteiger partial charge in [-0.2, -0.15) is 0 Å². The predicted molar refractivity (Wildman–Crippen MR) is 99.0 cm³/mol. The lowest BCUT2D eigenvalue weighted by Gasteiger charge is -2.21. The molecule has 1 rings (SSSR count). The Morgan fingerprint density at radius 2 is 1.70 bits per heavy atom. The molecule has 0 saturated heterocycles. The summed E-state index contributed by atoms with van der Waals surface area (Å²) in [4.78, 5) is 9.92. The summed E-state index contributed by atoms with van der Waals surface area (Å²) < 4.78 is 11.0. The van der Waals surface area contributed by atoms with Crippen molar-refractivity contribution in [3.63, 3.8) is 0 Å². The summed E-state index contributed by atoms with van der Waals surface area (Å²) in [6.07, 6.45) is 7.24. The quantitative estimate of drug-likeness (QED) is 0.403. The zero-order valence-electron chi connectivity index (χ0n) is 15.4. The van der Waals surface area contributed by atoms with Crippen LogP contribution >= 0.6 is 8.60 Å². The lowest BCUT2D eigenvalue weighted by molar-refractivity contribution is 0.253. The van der Waals surface area contributed by atoms with Crippen molar-refractivity contribution in [2.24, 2.45) is 0 Å². The van der Waals surface area contributed by atoms with Gasteiger partial charge in [0.1, 0.15) is 5.75 Å². The van der Waals surface area contributed by atoms with Crippen molar-refractivity contribution in [1.29, 1.82) is 0 Å². The van der Waals surface area contributed by atoms with Crippen molar-refractivity contribution in [2.75, 3.05) is 6.61 Å². The van der Waals surface area contributed by atoms with Crippen molar-refractivity contribution in [2.45, 2.75) is 78.6 Å². The van der Waals surface area contributed by atoms with Crippen LogP contribution in [0.1, 0.15) is 77.3 Å². The van der Waals surface area contributed by atoms with Gasteiger partial charge in [0.15, 0.2) is 0 Å². The van der Waals surface area contributed by atoms with Crippen molar-refractivity contribution >= 4 is 8.60 Å². The van der Waals surface area contributed by atoms with Gasteiger partial charge in [0.05, 0.1) is 6.61 Å². The van der Waals surface area contributed by atoms with Crippen LogP contribution in [0.15, 0.2) is 18.2 Å². The molecule has 1 N–H and O–H groups in total. The van der Waals surface area contributed by atoms with Crippen LogP contribution in [0.5, 0.6) is 5.75 Å². The summed E-state index contributed by atoms with van der Waals surface area (Å²) in [7, 11) is -1.84. The van der Waals surface area contributed by atoms with Crippen molar-refractivity contribution in [3.05, 3.63) is 29.3 Å². The average molecular weight is 340 g/mol. The fraction of sp³-hybridized carbons (Fsp3) is 0.684. The minimum Gasteiger partial charge on any atom is -0.427 e. The topological polar surface area (TPSA) is 38.7 Å². The van der Waals surface area contributed by atoms with E-state index in [4.69, 9.17) is 9.05 Å². The smallest absolute Gasteiger partial charge is 0.394 e. The van der Waals surface area contributed by atoms with Gasteiger partial charge in [-0.25, -0.2) is 0 Å². The van der Waals surface area contributed by atoms with Crippen LogP contribution in [0.3, 0.4) is 0 Å². The Hall–Kier alpha value is -0.630. The van der Waals surface area contributed by atoms with E-state index in [9.17, 15) is 4.89 Å². The highest BCUT2D eigenvalue weighted by atomic mass is 31.2. The molecule has 1 atom stereocenters.